The molecule has 0 radical (unpaired) electrons. The summed E-state index contributed by atoms with van der Waals surface area (Å²) in [6.45, 7) is 5.72. The molecule has 118 valence electrons. The fourth-order valence-electron chi connectivity index (χ4n) is 2.22. The molecule has 0 aliphatic rings. The van der Waals surface area contributed by atoms with Crippen molar-refractivity contribution in [3.8, 4) is 5.75 Å². The van der Waals surface area contributed by atoms with E-state index >= 15 is 0 Å². The first kappa shape index (κ1) is 17.4. The van der Waals surface area contributed by atoms with Crippen LogP contribution in [0.4, 0.5) is 5.69 Å². The minimum Gasteiger partial charge on any atom is -0.502 e. The van der Waals surface area contributed by atoms with Crippen molar-refractivity contribution >= 4 is 15.7 Å². The number of rotatable bonds is 7. The third-order valence-electron chi connectivity index (χ3n) is 3.55. The summed E-state index contributed by atoms with van der Waals surface area (Å²) in [6.07, 6.45) is 1.66. The fourth-order valence-corrected chi connectivity index (χ4v) is 3.55. The Bertz CT molecular complexity index is 611. The molecule has 0 saturated carbocycles. The van der Waals surface area contributed by atoms with Gasteiger partial charge in [-0.2, -0.15) is 0 Å². The van der Waals surface area contributed by atoms with Crippen LogP contribution < -0.4 is 4.72 Å². The van der Waals surface area contributed by atoms with E-state index in [1.807, 2.05) is 13.8 Å². The molecular weight excluding hydrogens is 296 g/mol. The molecule has 21 heavy (non-hydrogen) atoms. The minimum absolute atomic E-state index is 0.187. The van der Waals surface area contributed by atoms with Gasteiger partial charge >= 0.3 is 5.69 Å². The van der Waals surface area contributed by atoms with E-state index in [1.54, 1.807) is 6.92 Å². The standard InChI is InChI=1S/C13H20N2O5S/c1-4-10(5-2)9(3)14-21(19,20)11-6-7-13(16)12(8-11)15(17)18/h6-10,14,16H,4-5H2,1-3H3. The molecule has 0 spiro atoms. The molecule has 2 N–H and O–H groups in total. The van der Waals surface area contributed by atoms with E-state index in [1.165, 1.54) is 0 Å². The van der Waals surface area contributed by atoms with Crippen LogP contribution in [0.5, 0.6) is 5.75 Å². The number of benzene rings is 1. The molecule has 7 nitrogen and oxygen atoms in total. The van der Waals surface area contributed by atoms with Gasteiger partial charge in [-0.3, -0.25) is 10.1 Å². The van der Waals surface area contributed by atoms with Crippen LogP contribution in [-0.4, -0.2) is 24.5 Å². The Hall–Kier alpha value is -1.67. The van der Waals surface area contributed by atoms with Crippen LogP contribution >= 0.6 is 0 Å². The van der Waals surface area contributed by atoms with E-state index in [2.05, 4.69) is 4.72 Å². The monoisotopic (exact) mass is 316 g/mol. The first-order valence-corrected chi connectivity index (χ1v) is 8.21. The molecule has 0 aliphatic heterocycles. The van der Waals surface area contributed by atoms with Crippen LogP contribution in [0.3, 0.4) is 0 Å². The van der Waals surface area contributed by atoms with E-state index in [-0.39, 0.29) is 16.9 Å². The van der Waals surface area contributed by atoms with Crippen molar-refractivity contribution in [2.24, 2.45) is 5.92 Å². The van der Waals surface area contributed by atoms with Crippen LogP contribution in [0.2, 0.25) is 0 Å². The highest BCUT2D eigenvalue weighted by atomic mass is 32.2. The maximum absolute atomic E-state index is 12.2. The summed E-state index contributed by atoms with van der Waals surface area (Å²) >= 11 is 0. The summed E-state index contributed by atoms with van der Waals surface area (Å²) in [4.78, 5) is 9.70. The van der Waals surface area contributed by atoms with Gasteiger partial charge in [0, 0.05) is 12.1 Å². The summed E-state index contributed by atoms with van der Waals surface area (Å²) in [5.41, 5.74) is -0.631. The van der Waals surface area contributed by atoms with Crippen LogP contribution in [0.25, 0.3) is 0 Å². The smallest absolute Gasteiger partial charge is 0.312 e. The largest absolute Gasteiger partial charge is 0.502 e. The van der Waals surface area contributed by atoms with Crippen LogP contribution in [0.15, 0.2) is 23.1 Å². The van der Waals surface area contributed by atoms with Gasteiger partial charge in [-0.15, -0.1) is 0 Å². The Kier molecular flexibility index (Phi) is 5.68. The van der Waals surface area contributed by atoms with Crippen molar-refractivity contribution < 1.29 is 18.4 Å². The van der Waals surface area contributed by atoms with Crippen LogP contribution in [-0.2, 0) is 10.0 Å². The van der Waals surface area contributed by atoms with E-state index < -0.39 is 26.4 Å². The molecule has 1 rings (SSSR count). The first-order chi connectivity index (χ1) is 9.72. The van der Waals surface area contributed by atoms with Gasteiger partial charge in [-0.05, 0) is 25.0 Å². The predicted molar refractivity (Wildman–Crippen MR) is 78.6 cm³/mol. The van der Waals surface area contributed by atoms with Crippen molar-refractivity contribution in [3.05, 3.63) is 28.3 Å². The molecule has 1 aromatic rings. The Labute approximate surface area is 124 Å². The number of nitrogens with zero attached hydrogens (tertiary/aromatic N) is 1. The third kappa shape index (κ3) is 4.15. The van der Waals surface area contributed by atoms with Crippen molar-refractivity contribution in [2.45, 2.75) is 44.6 Å². The predicted octanol–water partition coefficient (Wildman–Crippen LogP) is 2.40. The molecule has 1 aromatic carbocycles. The van der Waals surface area contributed by atoms with Gasteiger partial charge in [-0.25, -0.2) is 13.1 Å². The van der Waals surface area contributed by atoms with Crippen molar-refractivity contribution in [1.29, 1.82) is 0 Å². The molecule has 1 atom stereocenters. The topological polar surface area (TPSA) is 110 Å². The van der Waals surface area contributed by atoms with Gasteiger partial charge in [-0.1, -0.05) is 26.7 Å². The molecule has 0 aromatic heterocycles. The quantitative estimate of drug-likeness (QED) is 0.593. The lowest BCUT2D eigenvalue weighted by Crippen LogP contribution is -2.37. The van der Waals surface area contributed by atoms with Crippen LogP contribution in [0.1, 0.15) is 33.6 Å². The molecule has 0 saturated heterocycles. The highest BCUT2D eigenvalue weighted by Crippen LogP contribution is 2.28. The summed E-state index contributed by atoms with van der Waals surface area (Å²) in [7, 11) is -3.86. The molecule has 0 aliphatic carbocycles. The van der Waals surface area contributed by atoms with Gasteiger partial charge in [0.1, 0.15) is 0 Å². The molecule has 0 bridgehead atoms. The summed E-state index contributed by atoms with van der Waals surface area (Å²) < 4.78 is 27.0. The highest BCUT2D eigenvalue weighted by Gasteiger charge is 2.24. The lowest BCUT2D eigenvalue weighted by atomic mass is 9.96. The van der Waals surface area contributed by atoms with Gasteiger partial charge < -0.3 is 5.11 Å². The van der Waals surface area contributed by atoms with Gasteiger partial charge in [0.15, 0.2) is 5.75 Å². The van der Waals surface area contributed by atoms with Gasteiger partial charge in [0.05, 0.1) is 9.82 Å². The molecule has 1 unspecified atom stereocenters. The molecule has 8 heteroatoms. The number of phenolic OH excluding ortho intramolecular Hbond substituents is 1. The van der Waals surface area contributed by atoms with E-state index in [4.69, 9.17) is 0 Å². The summed E-state index contributed by atoms with van der Waals surface area (Å²) in [5, 5.41) is 20.1. The van der Waals surface area contributed by atoms with E-state index in [9.17, 15) is 23.6 Å². The lowest BCUT2D eigenvalue weighted by molar-refractivity contribution is -0.386. The number of hydrogen-bond acceptors (Lipinski definition) is 5. The average Bonchev–Trinajstić information content (AvgIpc) is 2.39. The zero-order chi connectivity index (χ0) is 16.2. The maximum atomic E-state index is 12.2. The zero-order valence-electron chi connectivity index (χ0n) is 12.2. The number of nitrogens with one attached hydrogen (secondary N) is 1. The average molecular weight is 316 g/mol. The first-order valence-electron chi connectivity index (χ1n) is 6.72. The Morgan fingerprint density at radius 3 is 2.38 bits per heavy atom. The Balaban J connectivity index is 3.09. The number of phenols is 1. The second-order valence-electron chi connectivity index (χ2n) is 4.89. The van der Waals surface area contributed by atoms with Crippen molar-refractivity contribution in [2.75, 3.05) is 0 Å². The second kappa shape index (κ2) is 6.86. The van der Waals surface area contributed by atoms with Crippen molar-refractivity contribution in [1.82, 2.24) is 4.72 Å². The minimum atomic E-state index is -3.86. The van der Waals surface area contributed by atoms with Gasteiger partial charge in [0.25, 0.3) is 0 Å². The number of nitro groups is 1. The SMILES string of the molecule is CCC(CC)C(C)NS(=O)(=O)c1ccc(O)c([N+](=O)[O-])c1. The highest BCUT2D eigenvalue weighted by molar-refractivity contribution is 7.89. The fraction of sp³-hybridized carbons (Fsp3) is 0.538. The lowest BCUT2D eigenvalue weighted by Gasteiger charge is -2.22. The normalized spacial score (nSPS) is 13.3. The van der Waals surface area contributed by atoms with E-state index in [0.717, 1.165) is 31.0 Å². The van der Waals surface area contributed by atoms with E-state index in [0.29, 0.717) is 0 Å². The molecule has 0 amide bonds. The second-order valence-corrected chi connectivity index (χ2v) is 6.61. The van der Waals surface area contributed by atoms with Crippen LogP contribution in [0, 0.1) is 16.0 Å². The van der Waals surface area contributed by atoms with Crippen molar-refractivity contribution in [3.63, 3.8) is 0 Å². The number of hydrogen-bond donors (Lipinski definition) is 2. The zero-order valence-corrected chi connectivity index (χ0v) is 13.1. The Morgan fingerprint density at radius 1 is 1.33 bits per heavy atom. The number of aromatic hydroxyl groups is 1. The number of nitro benzene ring substituents is 1. The summed E-state index contributed by atoms with van der Waals surface area (Å²) in [6, 6.07) is 2.73. The van der Waals surface area contributed by atoms with Gasteiger partial charge in [0.2, 0.25) is 10.0 Å². The summed E-state index contributed by atoms with van der Waals surface area (Å²) in [5.74, 6) is -0.376. The maximum Gasteiger partial charge on any atom is 0.312 e. The third-order valence-corrected chi connectivity index (χ3v) is 5.11. The molecular formula is C13H20N2O5S. The Morgan fingerprint density at radius 2 is 1.90 bits per heavy atom. The molecule has 0 fully saturated rings. The molecule has 0 heterocycles. The number of sulfonamides is 1.